The van der Waals surface area contributed by atoms with Crippen molar-refractivity contribution in [3.05, 3.63) is 70.8 Å². The lowest BCUT2D eigenvalue weighted by molar-refractivity contribution is -0.136. The average Bonchev–Trinajstić information content (AvgIpc) is 2.76. The fraction of sp³-hybridized carbons (Fsp3) is 0.458. The fourth-order valence-corrected chi connectivity index (χ4v) is 5.54. The lowest BCUT2D eigenvalue weighted by Crippen LogP contribution is -2.49. The van der Waals surface area contributed by atoms with E-state index in [1.54, 1.807) is 6.07 Å². The third-order valence-electron chi connectivity index (χ3n) is 7.09. The summed E-state index contributed by atoms with van der Waals surface area (Å²) in [5.41, 5.74) is 2.83. The summed E-state index contributed by atoms with van der Waals surface area (Å²) in [5.74, 6) is -0.540. The van der Waals surface area contributed by atoms with Crippen molar-refractivity contribution in [1.82, 2.24) is 9.80 Å². The van der Waals surface area contributed by atoms with Gasteiger partial charge in [0.25, 0.3) is 0 Å². The molecule has 2 atom stereocenters. The highest BCUT2D eigenvalue weighted by atomic mass is 19.2. The van der Waals surface area contributed by atoms with Gasteiger partial charge in [0, 0.05) is 19.5 Å². The molecule has 0 saturated carbocycles. The molecule has 5 heteroatoms. The average molecular weight is 396 g/mol. The Morgan fingerprint density at radius 3 is 2.52 bits per heavy atom. The molecule has 0 radical (unpaired) electrons. The smallest absolute Gasteiger partial charge is 0.223 e. The molecule has 3 nitrogen and oxygen atoms in total. The van der Waals surface area contributed by atoms with Crippen LogP contribution in [0.2, 0.25) is 0 Å². The van der Waals surface area contributed by atoms with Crippen molar-refractivity contribution in [1.29, 1.82) is 0 Å². The summed E-state index contributed by atoms with van der Waals surface area (Å²) in [5, 5.41) is 0. The number of amides is 1. The Labute approximate surface area is 170 Å². The first kappa shape index (κ1) is 18.7. The van der Waals surface area contributed by atoms with E-state index >= 15 is 0 Å². The fourth-order valence-electron chi connectivity index (χ4n) is 5.54. The number of carbonyl (C=O) groups is 1. The predicted molar refractivity (Wildman–Crippen MR) is 107 cm³/mol. The lowest BCUT2D eigenvalue weighted by atomic mass is 9.77. The van der Waals surface area contributed by atoms with Crippen molar-refractivity contribution >= 4 is 5.91 Å². The number of nitrogens with zero attached hydrogens (tertiary/aromatic N) is 2. The van der Waals surface area contributed by atoms with Gasteiger partial charge in [-0.2, -0.15) is 0 Å². The second-order valence-corrected chi connectivity index (χ2v) is 8.71. The van der Waals surface area contributed by atoms with E-state index in [1.807, 2.05) is 23.1 Å². The molecule has 29 heavy (non-hydrogen) atoms. The quantitative estimate of drug-likeness (QED) is 0.777. The molecule has 3 saturated heterocycles. The van der Waals surface area contributed by atoms with Gasteiger partial charge in [-0.15, -0.1) is 0 Å². The first-order chi connectivity index (χ1) is 14.1. The van der Waals surface area contributed by atoms with Gasteiger partial charge in [-0.1, -0.05) is 30.3 Å². The molecule has 4 aliphatic rings. The van der Waals surface area contributed by atoms with Gasteiger partial charge in [0.2, 0.25) is 5.91 Å². The molecule has 1 amide bonds. The van der Waals surface area contributed by atoms with Gasteiger partial charge in [0.15, 0.2) is 11.6 Å². The highest BCUT2D eigenvalue weighted by Gasteiger charge is 2.38. The monoisotopic (exact) mass is 396 g/mol. The van der Waals surface area contributed by atoms with Crippen LogP contribution in [-0.4, -0.2) is 41.9 Å². The van der Waals surface area contributed by atoms with Crippen molar-refractivity contribution in [3.8, 4) is 0 Å². The Morgan fingerprint density at radius 2 is 1.79 bits per heavy atom. The Balaban J connectivity index is 1.46. The number of piperidine rings is 3. The number of rotatable bonds is 3. The predicted octanol–water partition coefficient (Wildman–Crippen LogP) is 4.17. The molecule has 0 spiro atoms. The number of hydrogen-bond donors (Lipinski definition) is 0. The molecule has 2 aromatic rings. The van der Waals surface area contributed by atoms with Crippen LogP contribution in [0.15, 0.2) is 42.5 Å². The van der Waals surface area contributed by atoms with Crippen molar-refractivity contribution in [2.75, 3.05) is 26.2 Å². The zero-order valence-corrected chi connectivity index (χ0v) is 16.5. The highest BCUT2D eigenvalue weighted by Crippen LogP contribution is 2.39. The SMILES string of the molecule is O=C(C[C@@H]1CN2CCC1CC2)N1CCc2ccccc2[C@@H]1c1ccc(F)c(F)c1. The van der Waals surface area contributed by atoms with E-state index in [0.717, 1.165) is 37.7 Å². The minimum Gasteiger partial charge on any atom is -0.331 e. The summed E-state index contributed by atoms with van der Waals surface area (Å²) >= 11 is 0. The molecule has 2 aromatic carbocycles. The van der Waals surface area contributed by atoms with Gasteiger partial charge in [-0.05, 0) is 73.0 Å². The zero-order valence-electron chi connectivity index (χ0n) is 16.5. The molecule has 3 fully saturated rings. The molecule has 0 aliphatic carbocycles. The van der Waals surface area contributed by atoms with Crippen LogP contribution in [0, 0.1) is 23.5 Å². The number of halogens is 2. The van der Waals surface area contributed by atoms with Crippen molar-refractivity contribution in [3.63, 3.8) is 0 Å². The van der Waals surface area contributed by atoms with E-state index in [1.165, 1.54) is 24.5 Å². The van der Waals surface area contributed by atoms with Crippen LogP contribution in [0.4, 0.5) is 8.78 Å². The summed E-state index contributed by atoms with van der Waals surface area (Å²) < 4.78 is 27.6. The summed E-state index contributed by atoms with van der Waals surface area (Å²) in [6, 6.07) is 11.7. The molecular weight excluding hydrogens is 370 g/mol. The van der Waals surface area contributed by atoms with Crippen molar-refractivity contribution in [2.24, 2.45) is 11.8 Å². The van der Waals surface area contributed by atoms with Gasteiger partial charge >= 0.3 is 0 Å². The van der Waals surface area contributed by atoms with E-state index in [2.05, 4.69) is 11.0 Å². The van der Waals surface area contributed by atoms with Gasteiger partial charge in [-0.3, -0.25) is 4.79 Å². The Kier molecular flexibility index (Phi) is 4.86. The van der Waals surface area contributed by atoms with Gasteiger partial charge in [0.05, 0.1) is 6.04 Å². The summed E-state index contributed by atoms with van der Waals surface area (Å²) in [4.78, 5) is 17.8. The Hall–Kier alpha value is -2.27. The molecule has 0 aromatic heterocycles. The van der Waals surface area contributed by atoms with Crippen molar-refractivity contribution in [2.45, 2.75) is 31.7 Å². The molecule has 6 rings (SSSR count). The Morgan fingerprint density at radius 1 is 1.00 bits per heavy atom. The number of fused-ring (bicyclic) bond motifs is 4. The second kappa shape index (κ2) is 7.52. The summed E-state index contributed by atoms with van der Waals surface area (Å²) in [7, 11) is 0. The van der Waals surface area contributed by atoms with Gasteiger partial charge < -0.3 is 9.80 Å². The number of benzene rings is 2. The molecule has 152 valence electrons. The maximum Gasteiger partial charge on any atom is 0.223 e. The maximum absolute atomic E-state index is 14.0. The van der Waals surface area contributed by atoms with E-state index in [0.29, 0.717) is 30.4 Å². The Bertz CT molecular complexity index is 923. The van der Waals surface area contributed by atoms with E-state index in [-0.39, 0.29) is 11.9 Å². The first-order valence-corrected chi connectivity index (χ1v) is 10.6. The van der Waals surface area contributed by atoms with E-state index in [4.69, 9.17) is 0 Å². The maximum atomic E-state index is 14.0. The first-order valence-electron chi connectivity index (χ1n) is 10.6. The van der Waals surface area contributed by atoms with E-state index in [9.17, 15) is 13.6 Å². The molecule has 4 heterocycles. The largest absolute Gasteiger partial charge is 0.331 e. The highest BCUT2D eigenvalue weighted by molar-refractivity contribution is 5.78. The minimum absolute atomic E-state index is 0.132. The van der Waals surface area contributed by atoms with Crippen LogP contribution < -0.4 is 0 Å². The van der Waals surface area contributed by atoms with Crippen LogP contribution >= 0.6 is 0 Å². The molecule has 0 unspecified atom stereocenters. The van der Waals surface area contributed by atoms with Crippen LogP contribution in [-0.2, 0) is 11.2 Å². The van der Waals surface area contributed by atoms with Crippen LogP contribution in [0.5, 0.6) is 0 Å². The number of carbonyl (C=O) groups excluding carboxylic acids is 1. The van der Waals surface area contributed by atoms with Crippen LogP contribution in [0.1, 0.15) is 42.0 Å². The van der Waals surface area contributed by atoms with E-state index < -0.39 is 11.6 Å². The minimum atomic E-state index is -0.865. The van der Waals surface area contributed by atoms with Gasteiger partial charge in [-0.25, -0.2) is 8.78 Å². The molecule has 0 N–H and O–H groups in total. The van der Waals surface area contributed by atoms with Crippen LogP contribution in [0.3, 0.4) is 0 Å². The number of hydrogen-bond acceptors (Lipinski definition) is 2. The molecule has 4 aliphatic heterocycles. The topological polar surface area (TPSA) is 23.6 Å². The van der Waals surface area contributed by atoms with Gasteiger partial charge in [0.1, 0.15) is 0 Å². The third kappa shape index (κ3) is 3.46. The third-order valence-corrected chi connectivity index (χ3v) is 7.09. The lowest BCUT2D eigenvalue weighted by Gasteiger charge is -2.46. The van der Waals surface area contributed by atoms with Crippen molar-refractivity contribution < 1.29 is 13.6 Å². The molecule has 2 bridgehead atoms. The molecular formula is C24H26F2N2O. The second-order valence-electron chi connectivity index (χ2n) is 8.71. The van der Waals surface area contributed by atoms with Crippen LogP contribution in [0.25, 0.3) is 0 Å². The normalized spacial score (nSPS) is 28.3. The standard InChI is InChI=1S/C24H26F2N2O/c25-21-6-5-18(13-22(21)26)24-20-4-2-1-3-17(20)9-12-28(24)23(29)14-19-15-27-10-7-16(19)8-11-27/h1-6,13,16,19,24H,7-12,14-15H2/t19-,24+/m1/s1. The zero-order chi connectivity index (χ0) is 20.0. The summed E-state index contributed by atoms with van der Waals surface area (Å²) in [6.45, 7) is 3.94. The summed E-state index contributed by atoms with van der Waals surface area (Å²) in [6.07, 6.45) is 3.71.